The van der Waals surface area contributed by atoms with Crippen LogP contribution in [-0.2, 0) is 14.4 Å². The Hall–Kier alpha value is -2.55. The number of carbonyl (C=O) groups is 4. The zero-order chi connectivity index (χ0) is 18.1. The van der Waals surface area contributed by atoms with Crippen LogP contribution in [0.2, 0.25) is 0 Å². The second kappa shape index (κ2) is 6.75. The molecule has 1 fully saturated rings. The van der Waals surface area contributed by atoms with Gasteiger partial charge in [0.05, 0.1) is 0 Å². The van der Waals surface area contributed by atoms with Gasteiger partial charge in [-0.1, -0.05) is 18.2 Å². The third-order valence-electron chi connectivity index (χ3n) is 4.29. The highest BCUT2D eigenvalue weighted by Crippen LogP contribution is 2.48. The van der Waals surface area contributed by atoms with Crippen LogP contribution in [0.1, 0.15) is 34.1 Å². The molecule has 0 saturated carbocycles. The first-order chi connectivity index (χ1) is 11.9. The standard InChI is InChI=1S/C16H17N3O5S/c17-12(20)6-5-10(16(23)24)18-13(21)11-7-25-15-9-4-2-1-3-8(9)14(22)19(11)15/h1-4,10-11,15H,5-7H2,(H2,17,20)(H,18,21)(H,23,24). The molecule has 3 atom stereocenters. The van der Waals surface area contributed by atoms with E-state index >= 15 is 0 Å². The summed E-state index contributed by atoms with van der Waals surface area (Å²) in [5.74, 6) is -2.25. The summed E-state index contributed by atoms with van der Waals surface area (Å²) < 4.78 is 0. The molecule has 25 heavy (non-hydrogen) atoms. The monoisotopic (exact) mass is 363 g/mol. The molecule has 0 aromatic heterocycles. The Morgan fingerprint density at radius 3 is 2.76 bits per heavy atom. The van der Waals surface area contributed by atoms with Crippen molar-refractivity contribution in [2.24, 2.45) is 5.73 Å². The molecular formula is C16H17N3O5S. The van der Waals surface area contributed by atoms with Gasteiger partial charge in [-0.05, 0) is 18.1 Å². The van der Waals surface area contributed by atoms with Crippen LogP contribution in [0.25, 0.3) is 0 Å². The van der Waals surface area contributed by atoms with E-state index in [0.29, 0.717) is 11.3 Å². The molecule has 2 aliphatic rings. The van der Waals surface area contributed by atoms with Gasteiger partial charge in [0, 0.05) is 17.7 Å². The molecule has 1 saturated heterocycles. The highest BCUT2D eigenvalue weighted by atomic mass is 32.2. The molecule has 3 amide bonds. The van der Waals surface area contributed by atoms with E-state index in [1.807, 2.05) is 12.1 Å². The molecule has 1 aromatic rings. The van der Waals surface area contributed by atoms with Crippen LogP contribution in [0, 0.1) is 0 Å². The van der Waals surface area contributed by atoms with Crippen molar-refractivity contribution in [2.75, 3.05) is 5.75 Å². The fourth-order valence-corrected chi connectivity index (χ4v) is 4.52. The van der Waals surface area contributed by atoms with Crippen molar-refractivity contribution in [1.29, 1.82) is 0 Å². The SMILES string of the molecule is NC(=O)CCC(NC(=O)C1CSC2c3ccccc3C(=O)N12)C(=O)O. The molecule has 0 radical (unpaired) electrons. The van der Waals surface area contributed by atoms with Gasteiger partial charge >= 0.3 is 5.97 Å². The number of aliphatic carboxylic acids is 1. The molecule has 3 unspecified atom stereocenters. The highest BCUT2D eigenvalue weighted by molar-refractivity contribution is 7.99. The summed E-state index contributed by atoms with van der Waals surface area (Å²) in [5, 5.41) is 11.4. The van der Waals surface area contributed by atoms with E-state index in [-0.39, 0.29) is 24.1 Å². The van der Waals surface area contributed by atoms with Gasteiger partial charge in [0.1, 0.15) is 17.5 Å². The highest BCUT2D eigenvalue weighted by Gasteiger charge is 2.48. The van der Waals surface area contributed by atoms with Crippen LogP contribution in [0.4, 0.5) is 0 Å². The lowest BCUT2D eigenvalue weighted by Gasteiger charge is -2.24. The number of benzene rings is 1. The third kappa shape index (κ3) is 3.19. The number of carbonyl (C=O) groups excluding carboxylic acids is 3. The molecule has 3 rings (SSSR count). The minimum absolute atomic E-state index is 0.0894. The number of nitrogens with two attached hydrogens (primary N) is 1. The summed E-state index contributed by atoms with van der Waals surface area (Å²) >= 11 is 1.47. The van der Waals surface area contributed by atoms with Crippen LogP contribution in [-0.4, -0.2) is 51.5 Å². The normalized spacial score (nSPS) is 22.2. The first-order valence-corrected chi connectivity index (χ1v) is 8.79. The van der Waals surface area contributed by atoms with Gasteiger partial charge in [-0.25, -0.2) is 4.79 Å². The maximum Gasteiger partial charge on any atom is 0.326 e. The topological polar surface area (TPSA) is 130 Å². The fourth-order valence-electron chi connectivity index (χ4n) is 3.05. The van der Waals surface area contributed by atoms with Gasteiger partial charge in [0.2, 0.25) is 11.8 Å². The zero-order valence-corrected chi connectivity index (χ0v) is 14.0. The predicted molar refractivity (Wildman–Crippen MR) is 89.6 cm³/mol. The van der Waals surface area contributed by atoms with Crippen LogP contribution < -0.4 is 11.1 Å². The molecule has 0 bridgehead atoms. The summed E-state index contributed by atoms with van der Waals surface area (Å²) in [5.41, 5.74) is 6.47. The molecule has 4 N–H and O–H groups in total. The number of hydrogen-bond acceptors (Lipinski definition) is 5. The van der Waals surface area contributed by atoms with E-state index in [4.69, 9.17) is 5.73 Å². The van der Waals surface area contributed by atoms with Crippen molar-refractivity contribution in [3.8, 4) is 0 Å². The van der Waals surface area contributed by atoms with E-state index in [2.05, 4.69) is 5.32 Å². The maximum atomic E-state index is 12.6. The Morgan fingerprint density at radius 1 is 1.36 bits per heavy atom. The third-order valence-corrected chi connectivity index (χ3v) is 5.59. The summed E-state index contributed by atoms with van der Waals surface area (Å²) in [6, 6.07) is 5.22. The largest absolute Gasteiger partial charge is 0.480 e. The first kappa shape index (κ1) is 17.3. The summed E-state index contributed by atoms with van der Waals surface area (Å²) in [6.45, 7) is 0. The van der Waals surface area contributed by atoms with Crippen molar-refractivity contribution in [3.63, 3.8) is 0 Å². The van der Waals surface area contributed by atoms with Crippen molar-refractivity contribution in [2.45, 2.75) is 30.3 Å². The molecule has 0 aliphatic carbocycles. The molecule has 132 valence electrons. The van der Waals surface area contributed by atoms with Crippen LogP contribution in [0.3, 0.4) is 0 Å². The number of primary amides is 1. The molecule has 2 heterocycles. The lowest BCUT2D eigenvalue weighted by molar-refractivity contribution is -0.142. The Kier molecular flexibility index (Phi) is 4.67. The lowest BCUT2D eigenvalue weighted by Crippen LogP contribution is -2.51. The van der Waals surface area contributed by atoms with Gasteiger partial charge in [-0.3, -0.25) is 14.4 Å². The number of nitrogens with zero attached hydrogens (tertiary/aromatic N) is 1. The quantitative estimate of drug-likeness (QED) is 0.657. The summed E-state index contributed by atoms with van der Waals surface area (Å²) in [6.07, 6.45) is -0.235. The molecule has 0 spiro atoms. The van der Waals surface area contributed by atoms with Crippen molar-refractivity contribution < 1.29 is 24.3 Å². The van der Waals surface area contributed by atoms with Crippen molar-refractivity contribution >= 4 is 35.5 Å². The lowest BCUT2D eigenvalue weighted by atomic mass is 10.1. The number of carboxylic acids is 1. The number of carboxylic acid groups (broad SMARTS) is 1. The fraction of sp³-hybridized carbons (Fsp3) is 0.375. The molecule has 8 nitrogen and oxygen atoms in total. The number of hydrogen-bond donors (Lipinski definition) is 3. The van der Waals surface area contributed by atoms with Gasteiger partial charge in [-0.2, -0.15) is 0 Å². The zero-order valence-electron chi connectivity index (χ0n) is 13.2. The minimum Gasteiger partial charge on any atom is -0.480 e. The van der Waals surface area contributed by atoms with Crippen LogP contribution >= 0.6 is 11.8 Å². The smallest absolute Gasteiger partial charge is 0.326 e. The van der Waals surface area contributed by atoms with Crippen molar-refractivity contribution in [3.05, 3.63) is 35.4 Å². The van der Waals surface area contributed by atoms with Gasteiger partial charge in [0.15, 0.2) is 0 Å². The Labute approximate surface area is 147 Å². The summed E-state index contributed by atoms with van der Waals surface area (Å²) in [7, 11) is 0. The van der Waals surface area contributed by atoms with E-state index in [9.17, 15) is 24.3 Å². The minimum atomic E-state index is -1.24. The number of amides is 3. The molecule has 9 heteroatoms. The number of thioether (sulfide) groups is 1. The average molecular weight is 363 g/mol. The number of fused-ring (bicyclic) bond motifs is 3. The van der Waals surface area contributed by atoms with E-state index in [1.54, 1.807) is 12.1 Å². The first-order valence-electron chi connectivity index (χ1n) is 7.75. The predicted octanol–water partition coefficient (Wildman–Crippen LogP) is 0.0913. The molecule has 1 aromatic carbocycles. The van der Waals surface area contributed by atoms with Crippen molar-refractivity contribution in [1.82, 2.24) is 10.2 Å². The second-order valence-electron chi connectivity index (χ2n) is 5.91. The van der Waals surface area contributed by atoms with E-state index in [0.717, 1.165) is 5.56 Å². The Balaban J connectivity index is 1.73. The number of rotatable bonds is 6. The Morgan fingerprint density at radius 2 is 2.08 bits per heavy atom. The Bertz CT molecular complexity index is 753. The second-order valence-corrected chi connectivity index (χ2v) is 7.02. The van der Waals surface area contributed by atoms with Crippen LogP contribution in [0.15, 0.2) is 24.3 Å². The summed E-state index contributed by atoms with van der Waals surface area (Å²) in [4.78, 5) is 48.8. The maximum absolute atomic E-state index is 12.6. The van der Waals surface area contributed by atoms with Crippen LogP contribution in [0.5, 0.6) is 0 Å². The average Bonchev–Trinajstić information content (AvgIpc) is 3.12. The van der Waals surface area contributed by atoms with Gasteiger partial charge in [-0.15, -0.1) is 11.8 Å². The van der Waals surface area contributed by atoms with E-state index in [1.165, 1.54) is 16.7 Å². The molecular weight excluding hydrogens is 346 g/mol. The van der Waals surface area contributed by atoms with Gasteiger partial charge < -0.3 is 21.1 Å². The van der Waals surface area contributed by atoms with E-state index < -0.39 is 29.9 Å². The number of nitrogens with one attached hydrogen (secondary N) is 1. The van der Waals surface area contributed by atoms with Gasteiger partial charge in [0.25, 0.3) is 5.91 Å². The molecule has 2 aliphatic heterocycles.